The summed E-state index contributed by atoms with van der Waals surface area (Å²) in [6, 6.07) is -0.328. The monoisotopic (exact) mass is 227 g/mol. The minimum atomic E-state index is -0.610. The molecule has 0 rings (SSSR count). The van der Waals surface area contributed by atoms with E-state index < -0.39 is 11.9 Å². The van der Waals surface area contributed by atoms with Gasteiger partial charge in [0, 0.05) is 12.1 Å². The zero-order valence-corrected chi connectivity index (χ0v) is 9.86. The van der Waals surface area contributed by atoms with E-state index >= 15 is 0 Å². The lowest BCUT2D eigenvalue weighted by Crippen LogP contribution is -2.42. The third-order valence-electron chi connectivity index (χ3n) is 2.06. The van der Waals surface area contributed by atoms with Crippen molar-refractivity contribution in [3.05, 3.63) is 12.2 Å². The van der Waals surface area contributed by atoms with Crippen LogP contribution in [-0.4, -0.2) is 42.3 Å². The molecule has 0 bridgehead atoms. The van der Waals surface area contributed by atoms with Gasteiger partial charge in [-0.1, -0.05) is 6.58 Å². The summed E-state index contributed by atoms with van der Waals surface area (Å²) in [5.74, 6) is -1.11. The molecule has 0 aromatic heterocycles. The van der Waals surface area contributed by atoms with Crippen LogP contribution in [0, 0.1) is 0 Å². The van der Waals surface area contributed by atoms with Gasteiger partial charge in [-0.25, -0.2) is 4.79 Å². The summed E-state index contributed by atoms with van der Waals surface area (Å²) in [4.78, 5) is 33.9. The number of aldehydes is 1. The largest absolute Gasteiger partial charge is 0.460 e. The van der Waals surface area contributed by atoms with Gasteiger partial charge in [-0.3, -0.25) is 9.59 Å². The topological polar surface area (TPSA) is 63.7 Å². The lowest BCUT2D eigenvalue weighted by molar-refractivity contribution is -0.145. The average Bonchev–Trinajstić information content (AvgIpc) is 2.26. The number of hydrogen-bond acceptors (Lipinski definition) is 4. The number of amides is 1. The highest BCUT2D eigenvalue weighted by Crippen LogP contribution is 2.01. The Morgan fingerprint density at radius 3 is 2.44 bits per heavy atom. The van der Waals surface area contributed by atoms with E-state index in [0.717, 1.165) is 0 Å². The van der Waals surface area contributed by atoms with Crippen molar-refractivity contribution < 1.29 is 19.1 Å². The SMILES string of the molecule is C=C(C)C(=O)OCC(C)N(CC)C(=O)C=O. The highest BCUT2D eigenvalue weighted by atomic mass is 16.5. The predicted molar refractivity (Wildman–Crippen MR) is 58.7 cm³/mol. The fourth-order valence-corrected chi connectivity index (χ4v) is 1.16. The van der Waals surface area contributed by atoms with E-state index in [1.165, 1.54) is 4.90 Å². The number of carbonyl (C=O) groups is 3. The van der Waals surface area contributed by atoms with Gasteiger partial charge < -0.3 is 9.64 Å². The van der Waals surface area contributed by atoms with Gasteiger partial charge in [0.1, 0.15) is 6.61 Å². The molecular weight excluding hydrogens is 210 g/mol. The van der Waals surface area contributed by atoms with Gasteiger partial charge in [0.15, 0.2) is 0 Å². The number of hydrogen-bond donors (Lipinski definition) is 0. The standard InChI is InChI=1S/C11H17NO4/c1-5-12(10(14)6-13)9(4)7-16-11(15)8(2)3/h6,9H,2,5,7H2,1,3-4H3. The Kier molecular flexibility index (Phi) is 6.07. The summed E-state index contributed by atoms with van der Waals surface area (Å²) in [7, 11) is 0. The number of likely N-dealkylation sites (N-methyl/N-ethyl adjacent to an activating group) is 1. The van der Waals surface area contributed by atoms with E-state index in [0.29, 0.717) is 12.1 Å². The minimum absolute atomic E-state index is 0.0547. The molecule has 1 unspecified atom stereocenters. The fraction of sp³-hybridized carbons (Fsp3) is 0.545. The van der Waals surface area contributed by atoms with Crippen molar-refractivity contribution >= 4 is 18.2 Å². The van der Waals surface area contributed by atoms with Gasteiger partial charge >= 0.3 is 5.97 Å². The Hall–Kier alpha value is -1.65. The first-order valence-corrected chi connectivity index (χ1v) is 5.02. The van der Waals surface area contributed by atoms with Crippen molar-refractivity contribution in [2.75, 3.05) is 13.2 Å². The Balaban J connectivity index is 4.27. The molecule has 0 fully saturated rings. The quantitative estimate of drug-likeness (QED) is 0.287. The molecule has 0 saturated heterocycles. The van der Waals surface area contributed by atoms with Crippen LogP contribution >= 0.6 is 0 Å². The third kappa shape index (κ3) is 4.25. The number of ether oxygens (including phenoxy) is 1. The van der Waals surface area contributed by atoms with Crippen molar-refractivity contribution in [2.24, 2.45) is 0 Å². The summed E-state index contributed by atoms with van der Waals surface area (Å²) in [5.41, 5.74) is 0.303. The van der Waals surface area contributed by atoms with Crippen LogP contribution in [0.2, 0.25) is 0 Å². The molecule has 1 amide bonds. The van der Waals surface area contributed by atoms with E-state index in [9.17, 15) is 14.4 Å². The normalized spacial score (nSPS) is 11.4. The maximum absolute atomic E-state index is 11.2. The molecule has 90 valence electrons. The molecule has 0 aromatic carbocycles. The molecule has 16 heavy (non-hydrogen) atoms. The lowest BCUT2D eigenvalue weighted by Gasteiger charge is -2.25. The van der Waals surface area contributed by atoms with E-state index in [1.807, 2.05) is 0 Å². The van der Waals surface area contributed by atoms with Crippen LogP contribution in [-0.2, 0) is 19.1 Å². The molecule has 0 aliphatic heterocycles. The molecule has 0 saturated carbocycles. The molecule has 5 heteroatoms. The van der Waals surface area contributed by atoms with Crippen LogP contribution in [0.3, 0.4) is 0 Å². The van der Waals surface area contributed by atoms with E-state index in [1.54, 1.807) is 20.8 Å². The number of nitrogens with zero attached hydrogens (tertiary/aromatic N) is 1. The second-order valence-electron chi connectivity index (χ2n) is 3.47. The second-order valence-corrected chi connectivity index (χ2v) is 3.47. The van der Waals surface area contributed by atoms with Crippen molar-refractivity contribution in [1.82, 2.24) is 4.90 Å². The van der Waals surface area contributed by atoms with E-state index in [4.69, 9.17) is 4.74 Å². The Bertz CT molecular complexity index is 298. The zero-order valence-electron chi connectivity index (χ0n) is 9.86. The second kappa shape index (κ2) is 6.76. The Morgan fingerprint density at radius 2 is 2.06 bits per heavy atom. The van der Waals surface area contributed by atoms with Crippen LogP contribution in [0.4, 0.5) is 0 Å². The molecule has 0 N–H and O–H groups in total. The molecule has 5 nitrogen and oxygen atoms in total. The average molecular weight is 227 g/mol. The molecular formula is C11H17NO4. The predicted octanol–water partition coefficient (Wildman–Crippen LogP) is 0.542. The summed E-state index contributed by atoms with van der Waals surface area (Å²) in [5, 5.41) is 0. The lowest BCUT2D eigenvalue weighted by atomic mass is 10.3. The number of rotatable bonds is 6. The summed E-state index contributed by atoms with van der Waals surface area (Å²) < 4.78 is 4.89. The fourth-order valence-electron chi connectivity index (χ4n) is 1.16. The highest BCUT2D eigenvalue weighted by molar-refractivity contribution is 6.23. The van der Waals surface area contributed by atoms with Crippen molar-refractivity contribution in [3.63, 3.8) is 0 Å². The molecule has 0 aliphatic carbocycles. The molecule has 1 atom stereocenters. The van der Waals surface area contributed by atoms with Crippen molar-refractivity contribution in [3.8, 4) is 0 Å². The minimum Gasteiger partial charge on any atom is -0.460 e. The Labute approximate surface area is 95.1 Å². The molecule has 0 heterocycles. The first-order valence-electron chi connectivity index (χ1n) is 5.02. The maximum atomic E-state index is 11.2. The van der Waals surface area contributed by atoms with Crippen molar-refractivity contribution in [2.45, 2.75) is 26.8 Å². The molecule has 0 aromatic rings. The van der Waals surface area contributed by atoms with Gasteiger partial charge in [0.05, 0.1) is 6.04 Å². The third-order valence-corrected chi connectivity index (χ3v) is 2.06. The summed E-state index contributed by atoms with van der Waals surface area (Å²) >= 11 is 0. The van der Waals surface area contributed by atoms with Gasteiger partial charge in [-0.2, -0.15) is 0 Å². The van der Waals surface area contributed by atoms with Crippen LogP contribution in [0.25, 0.3) is 0 Å². The molecule has 0 radical (unpaired) electrons. The highest BCUT2D eigenvalue weighted by Gasteiger charge is 2.19. The van der Waals surface area contributed by atoms with Gasteiger partial charge in [-0.05, 0) is 20.8 Å². The van der Waals surface area contributed by atoms with Gasteiger partial charge in [0.2, 0.25) is 6.29 Å². The number of carbonyl (C=O) groups excluding carboxylic acids is 3. The van der Waals surface area contributed by atoms with Gasteiger partial charge in [0.25, 0.3) is 5.91 Å². The first kappa shape index (κ1) is 14.3. The van der Waals surface area contributed by atoms with Crippen LogP contribution < -0.4 is 0 Å². The molecule has 0 aliphatic rings. The Morgan fingerprint density at radius 1 is 1.50 bits per heavy atom. The van der Waals surface area contributed by atoms with Crippen molar-refractivity contribution in [1.29, 1.82) is 0 Å². The first-order chi connectivity index (χ1) is 7.43. The van der Waals surface area contributed by atoms with Gasteiger partial charge in [-0.15, -0.1) is 0 Å². The van der Waals surface area contributed by atoms with E-state index in [2.05, 4.69) is 6.58 Å². The van der Waals surface area contributed by atoms with Crippen LogP contribution in [0.1, 0.15) is 20.8 Å². The van der Waals surface area contributed by atoms with Crippen LogP contribution in [0.5, 0.6) is 0 Å². The van der Waals surface area contributed by atoms with E-state index in [-0.39, 0.29) is 18.9 Å². The number of esters is 1. The summed E-state index contributed by atoms with van der Waals surface area (Å²) in [6.07, 6.45) is 0.251. The smallest absolute Gasteiger partial charge is 0.333 e. The summed E-state index contributed by atoms with van der Waals surface area (Å²) in [6.45, 7) is 8.88. The zero-order chi connectivity index (χ0) is 12.7. The molecule has 0 spiro atoms. The maximum Gasteiger partial charge on any atom is 0.333 e. The van der Waals surface area contributed by atoms with Crippen LogP contribution in [0.15, 0.2) is 12.2 Å².